The lowest BCUT2D eigenvalue weighted by molar-refractivity contribution is -0.122. The van der Waals surface area contributed by atoms with Gasteiger partial charge < -0.3 is 27.4 Å². The number of aromatic nitrogens is 2. The Morgan fingerprint density at radius 2 is 1.81 bits per heavy atom. The highest BCUT2D eigenvalue weighted by atomic mass is 16.2. The quantitative estimate of drug-likeness (QED) is 0.0953. The average Bonchev–Trinajstić information content (AvgIpc) is 2.94. The number of nitrogens with two attached hydrogens (primary N) is 2. The van der Waals surface area contributed by atoms with Gasteiger partial charge in [-0.2, -0.15) is 0 Å². The average molecular weight is 575 g/mol. The molecule has 0 fully saturated rings. The predicted octanol–water partition coefficient (Wildman–Crippen LogP) is 4.07. The van der Waals surface area contributed by atoms with Crippen LogP contribution in [-0.4, -0.2) is 33.2 Å². The van der Waals surface area contributed by atoms with Crippen LogP contribution in [0.4, 0.5) is 17.2 Å². The number of benzene rings is 2. The van der Waals surface area contributed by atoms with E-state index in [1.165, 1.54) is 10.8 Å². The smallest absolute Gasteiger partial charge is 0.294 e. The van der Waals surface area contributed by atoms with E-state index in [9.17, 15) is 14.4 Å². The Labute approximate surface area is 246 Å². The number of carbonyl (C=O) groups is 2. The molecule has 2 amide bonds. The van der Waals surface area contributed by atoms with Crippen LogP contribution in [0.15, 0.2) is 53.5 Å². The fraction of sp³-hybridized carbons (Fsp3) is 0.387. The number of amidine groups is 1. The number of hydrogen-bond donors (Lipinski definition) is 6. The van der Waals surface area contributed by atoms with Crippen molar-refractivity contribution < 1.29 is 9.59 Å². The van der Waals surface area contributed by atoms with Crippen molar-refractivity contribution in [2.45, 2.75) is 72.5 Å². The van der Waals surface area contributed by atoms with Crippen LogP contribution < -0.4 is 33.0 Å². The van der Waals surface area contributed by atoms with Gasteiger partial charge in [-0.25, -0.2) is 4.98 Å². The van der Waals surface area contributed by atoms with E-state index in [0.29, 0.717) is 28.2 Å². The first-order valence-electron chi connectivity index (χ1n) is 14.3. The standard InChI is InChI=1S/C31H42N8O3/c1-5-7-8-21(6-2)30(41)38-25-14-23(13-24(32)15-25)26-17-36-29(37-19(3)4)31(42)39(26)18-27(40)35-16-20-9-11-22(12-10-20)28(33)34/h9-15,17,19,21H,5-8,16,18,32H2,1-4H3,(H3,33,34)(H,35,40)(H,36,37)(H,38,41). The van der Waals surface area contributed by atoms with E-state index in [2.05, 4.69) is 27.9 Å². The summed E-state index contributed by atoms with van der Waals surface area (Å²) in [6, 6.07) is 12.0. The first-order chi connectivity index (χ1) is 20.0. The Bertz CT molecular complexity index is 1460. The summed E-state index contributed by atoms with van der Waals surface area (Å²) < 4.78 is 1.35. The summed E-state index contributed by atoms with van der Waals surface area (Å²) in [4.78, 5) is 43.9. The van der Waals surface area contributed by atoms with Crippen LogP contribution in [0.3, 0.4) is 0 Å². The second kappa shape index (κ2) is 14.8. The number of amides is 2. The van der Waals surface area contributed by atoms with Gasteiger partial charge in [-0.1, -0.05) is 51.0 Å². The summed E-state index contributed by atoms with van der Waals surface area (Å²) in [6.45, 7) is 7.83. The number of nitrogens with zero attached hydrogens (tertiary/aromatic N) is 2. The topological polar surface area (TPSA) is 181 Å². The molecule has 11 heteroatoms. The minimum absolute atomic E-state index is 0.0352. The summed E-state index contributed by atoms with van der Waals surface area (Å²) in [7, 11) is 0. The van der Waals surface area contributed by atoms with Gasteiger partial charge in [0.05, 0.1) is 11.9 Å². The van der Waals surface area contributed by atoms with Gasteiger partial charge >= 0.3 is 0 Å². The van der Waals surface area contributed by atoms with Crippen molar-refractivity contribution in [3.63, 3.8) is 0 Å². The van der Waals surface area contributed by atoms with Crippen molar-refractivity contribution in [1.82, 2.24) is 14.9 Å². The van der Waals surface area contributed by atoms with Crippen LogP contribution in [0.2, 0.25) is 0 Å². The molecule has 0 radical (unpaired) electrons. The van der Waals surface area contributed by atoms with Crippen LogP contribution in [-0.2, 0) is 22.7 Å². The molecule has 1 heterocycles. The highest BCUT2D eigenvalue weighted by molar-refractivity contribution is 5.95. The van der Waals surface area contributed by atoms with Gasteiger partial charge in [0.15, 0.2) is 5.82 Å². The maximum atomic E-state index is 13.5. The van der Waals surface area contributed by atoms with E-state index < -0.39 is 5.56 Å². The Morgan fingerprint density at radius 1 is 1.10 bits per heavy atom. The molecule has 0 bridgehead atoms. The van der Waals surface area contributed by atoms with E-state index in [1.807, 2.05) is 20.8 Å². The molecule has 0 saturated heterocycles. The molecule has 0 saturated carbocycles. The molecule has 1 unspecified atom stereocenters. The summed E-state index contributed by atoms with van der Waals surface area (Å²) in [5.41, 5.74) is 14.5. The van der Waals surface area contributed by atoms with Crippen molar-refractivity contribution in [3.8, 4) is 11.3 Å². The molecular weight excluding hydrogens is 532 g/mol. The van der Waals surface area contributed by atoms with Crippen LogP contribution >= 0.6 is 0 Å². The minimum Gasteiger partial charge on any atom is -0.399 e. The Balaban J connectivity index is 1.90. The molecule has 0 spiro atoms. The van der Waals surface area contributed by atoms with Gasteiger partial charge in [0.25, 0.3) is 5.56 Å². The molecule has 2 aromatic carbocycles. The number of anilines is 3. The SMILES string of the molecule is CCCCC(CC)C(=O)Nc1cc(N)cc(-c2cnc(NC(C)C)c(=O)n2CC(=O)NCc2ccc(C(=N)N)cc2)c1. The maximum absolute atomic E-state index is 13.5. The lowest BCUT2D eigenvalue weighted by Crippen LogP contribution is -2.35. The van der Waals surface area contributed by atoms with E-state index in [-0.39, 0.29) is 48.5 Å². The van der Waals surface area contributed by atoms with E-state index in [1.54, 1.807) is 42.5 Å². The lowest BCUT2D eigenvalue weighted by Gasteiger charge is -2.18. The van der Waals surface area contributed by atoms with Crippen LogP contribution in [0.1, 0.15) is 64.5 Å². The summed E-state index contributed by atoms with van der Waals surface area (Å²) in [6.07, 6.45) is 5.03. The van der Waals surface area contributed by atoms with Gasteiger partial charge in [-0.3, -0.25) is 24.4 Å². The third-order valence-electron chi connectivity index (χ3n) is 6.82. The molecule has 0 aliphatic rings. The number of hydrogen-bond acceptors (Lipinski definition) is 7. The number of nitrogens with one attached hydrogen (secondary N) is 4. The fourth-order valence-electron chi connectivity index (χ4n) is 4.54. The van der Waals surface area contributed by atoms with Crippen molar-refractivity contribution in [3.05, 3.63) is 70.1 Å². The molecule has 224 valence electrons. The monoisotopic (exact) mass is 574 g/mol. The number of rotatable bonds is 14. The van der Waals surface area contributed by atoms with Gasteiger partial charge in [-0.05, 0) is 50.5 Å². The fourth-order valence-corrected chi connectivity index (χ4v) is 4.54. The highest BCUT2D eigenvalue weighted by Crippen LogP contribution is 2.27. The maximum Gasteiger partial charge on any atom is 0.294 e. The van der Waals surface area contributed by atoms with Crippen molar-refractivity contribution in [2.24, 2.45) is 11.7 Å². The zero-order chi connectivity index (χ0) is 30.8. The second-order valence-electron chi connectivity index (χ2n) is 10.7. The normalized spacial score (nSPS) is 11.6. The molecule has 3 rings (SSSR count). The third kappa shape index (κ3) is 8.66. The number of carbonyl (C=O) groups excluding carboxylic acids is 2. The first kappa shape index (κ1) is 31.9. The number of nitrogen functional groups attached to an aromatic ring is 2. The largest absolute Gasteiger partial charge is 0.399 e. The molecule has 1 atom stereocenters. The Kier molecular flexibility index (Phi) is 11.2. The molecule has 1 aromatic heterocycles. The lowest BCUT2D eigenvalue weighted by atomic mass is 9.98. The first-order valence-corrected chi connectivity index (χ1v) is 14.3. The highest BCUT2D eigenvalue weighted by Gasteiger charge is 2.19. The zero-order valence-electron chi connectivity index (χ0n) is 24.8. The summed E-state index contributed by atoms with van der Waals surface area (Å²) in [5, 5.41) is 16.4. The van der Waals surface area contributed by atoms with Gasteiger partial charge in [0.2, 0.25) is 11.8 Å². The minimum atomic E-state index is -0.458. The van der Waals surface area contributed by atoms with Gasteiger partial charge in [-0.15, -0.1) is 0 Å². The Hall–Kier alpha value is -4.67. The summed E-state index contributed by atoms with van der Waals surface area (Å²) in [5.74, 6) is -0.481. The van der Waals surface area contributed by atoms with Crippen molar-refractivity contribution >= 4 is 34.8 Å². The molecular formula is C31H42N8O3. The van der Waals surface area contributed by atoms with E-state index in [4.69, 9.17) is 16.9 Å². The molecule has 0 aliphatic heterocycles. The molecule has 3 aromatic rings. The van der Waals surface area contributed by atoms with E-state index in [0.717, 1.165) is 31.2 Å². The molecule has 0 aliphatic carbocycles. The number of unbranched alkanes of at least 4 members (excludes halogenated alkanes) is 1. The molecule has 8 N–H and O–H groups in total. The van der Waals surface area contributed by atoms with Crippen LogP contribution in [0, 0.1) is 11.3 Å². The van der Waals surface area contributed by atoms with Crippen molar-refractivity contribution in [2.75, 3.05) is 16.4 Å². The summed E-state index contributed by atoms with van der Waals surface area (Å²) >= 11 is 0. The Morgan fingerprint density at radius 3 is 2.43 bits per heavy atom. The van der Waals surface area contributed by atoms with Gasteiger partial charge in [0.1, 0.15) is 12.4 Å². The van der Waals surface area contributed by atoms with Crippen LogP contribution in [0.25, 0.3) is 11.3 Å². The van der Waals surface area contributed by atoms with E-state index >= 15 is 0 Å². The second-order valence-corrected chi connectivity index (χ2v) is 10.7. The van der Waals surface area contributed by atoms with Gasteiger partial charge in [0, 0.05) is 41.0 Å². The van der Waals surface area contributed by atoms with Crippen LogP contribution in [0.5, 0.6) is 0 Å². The third-order valence-corrected chi connectivity index (χ3v) is 6.82. The molecule has 42 heavy (non-hydrogen) atoms. The van der Waals surface area contributed by atoms with Crippen molar-refractivity contribution in [1.29, 1.82) is 5.41 Å². The zero-order valence-corrected chi connectivity index (χ0v) is 24.8. The molecule has 11 nitrogen and oxygen atoms in total. The predicted molar refractivity (Wildman–Crippen MR) is 168 cm³/mol.